The van der Waals surface area contributed by atoms with Gasteiger partial charge >= 0.3 is 5.97 Å². The van der Waals surface area contributed by atoms with Crippen LogP contribution in [0.4, 0.5) is 5.00 Å². The molecule has 2 rings (SSSR count). The zero-order valence-electron chi connectivity index (χ0n) is 9.94. The van der Waals surface area contributed by atoms with Gasteiger partial charge in [0.2, 0.25) is 5.91 Å². The highest BCUT2D eigenvalue weighted by Gasteiger charge is 2.21. The molecule has 1 aromatic heterocycles. The van der Waals surface area contributed by atoms with Crippen molar-refractivity contribution in [1.82, 2.24) is 0 Å². The Labute approximate surface area is 118 Å². The Kier molecular flexibility index (Phi) is 3.87. The monoisotopic (exact) mass is 295 g/mol. The van der Waals surface area contributed by atoms with E-state index in [4.69, 9.17) is 11.6 Å². The molecule has 0 fully saturated rings. The standard InChI is InChI=1S/C13H10ClNO3S/c1-7(16)15-12-11(13(17)18)9(6-19-12)8-4-2-3-5-10(8)14/h2-6H,1H3,(H,15,16)(H,17,18). The van der Waals surface area contributed by atoms with Crippen LogP contribution in [-0.2, 0) is 4.79 Å². The van der Waals surface area contributed by atoms with Gasteiger partial charge in [0.1, 0.15) is 10.6 Å². The normalized spacial score (nSPS) is 10.2. The summed E-state index contributed by atoms with van der Waals surface area (Å²) in [6, 6.07) is 6.99. The lowest BCUT2D eigenvalue weighted by Crippen LogP contribution is -2.09. The highest BCUT2D eigenvalue weighted by Crippen LogP contribution is 2.38. The molecule has 0 unspecified atom stereocenters. The first-order chi connectivity index (χ1) is 9.00. The number of carboxylic acids is 1. The molecule has 2 N–H and O–H groups in total. The van der Waals surface area contributed by atoms with Crippen molar-refractivity contribution in [3.63, 3.8) is 0 Å². The molecule has 0 bridgehead atoms. The van der Waals surface area contributed by atoms with Gasteiger partial charge in [-0.1, -0.05) is 29.8 Å². The summed E-state index contributed by atoms with van der Waals surface area (Å²) in [6.07, 6.45) is 0. The molecule has 0 spiro atoms. The van der Waals surface area contributed by atoms with Crippen molar-refractivity contribution in [2.45, 2.75) is 6.92 Å². The molecule has 1 heterocycles. The van der Waals surface area contributed by atoms with E-state index in [1.807, 2.05) is 0 Å². The van der Waals surface area contributed by atoms with Crippen molar-refractivity contribution in [3.05, 3.63) is 40.2 Å². The minimum atomic E-state index is -1.10. The van der Waals surface area contributed by atoms with Gasteiger partial charge in [-0.15, -0.1) is 11.3 Å². The molecule has 4 nitrogen and oxygen atoms in total. The van der Waals surface area contributed by atoms with Crippen LogP contribution in [0.5, 0.6) is 0 Å². The number of halogens is 1. The van der Waals surface area contributed by atoms with Gasteiger partial charge in [-0.2, -0.15) is 0 Å². The van der Waals surface area contributed by atoms with Crippen LogP contribution in [0.2, 0.25) is 5.02 Å². The minimum absolute atomic E-state index is 0.0632. The Bertz CT molecular complexity index is 651. The minimum Gasteiger partial charge on any atom is -0.478 e. The molecule has 0 aliphatic carbocycles. The van der Waals surface area contributed by atoms with Gasteiger partial charge in [0.05, 0.1) is 0 Å². The Morgan fingerprint density at radius 2 is 1.95 bits per heavy atom. The highest BCUT2D eigenvalue weighted by molar-refractivity contribution is 7.15. The molecule has 0 atom stereocenters. The maximum atomic E-state index is 11.4. The van der Waals surface area contributed by atoms with Crippen LogP contribution in [0, 0.1) is 0 Å². The van der Waals surface area contributed by atoms with E-state index in [2.05, 4.69) is 5.32 Å². The number of anilines is 1. The topological polar surface area (TPSA) is 66.4 Å². The second-order valence-corrected chi connectivity index (χ2v) is 5.11. The third-order valence-corrected chi connectivity index (χ3v) is 3.68. The summed E-state index contributed by atoms with van der Waals surface area (Å²) in [6.45, 7) is 1.33. The molecule has 0 aliphatic rings. The Morgan fingerprint density at radius 3 is 2.53 bits per heavy atom. The summed E-state index contributed by atoms with van der Waals surface area (Å²) in [5.41, 5.74) is 1.20. The Hall–Kier alpha value is -1.85. The van der Waals surface area contributed by atoms with E-state index >= 15 is 0 Å². The first-order valence-corrected chi connectivity index (χ1v) is 6.63. The number of rotatable bonds is 3. The van der Waals surface area contributed by atoms with Crippen LogP contribution in [0.25, 0.3) is 11.1 Å². The van der Waals surface area contributed by atoms with Crippen molar-refractivity contribution in [2.24, 2.45) is 0 Å². The van der Waals surface area contributed by atoms with E-state index in [9.17, 15) is 14.7 Å². The Morgan fingerprint density at radius 1 is 1.26 bits per heavy atom. The zero-order chi connectivity index (χ0) is 14.0. The first-order valence-electron chi connectivity index (χ1n) is 5.38. The molecule has 0 saturated heterocycles. The van der Waals surface area contributed by atoms with Crippen molar-refractivity contribution in [3.8, 4) is 11.1 Å². The average Bonchev–Trinajstić information content (AvgIpc) is 2.72. The van der Waals surface area contributed by atoms with Crippen molar-refractivity contribution in [2.75, 3.05) is 5.32 Å². The fraction of sp³-hybridized carbons (Fsp3) is 0.0769. The third-order valence-electron chi connectivity index (χ3n) is 2.46. The molecule has 2 aromatic rings. The number of carboxylic acid groups (broad SMARTS) is 1. The predicted molar refractivity (Wildman–Crippen MR) is 76.0 cm³/mol. The van der Waals surface area contributed by atoms with Crippen LogP contribution < -0.4 is 5.32 Å². The second-order valence-electron chi connectivity index (χ2n) is 3.82. The number of hydrogen-bond acceptors (Lipinski definition) is 3. The van der Waals surface area contributed by atoms with Gasteiger partial charge in [0.15, 0.2) is 0 Å². The van der Waals surface area contributed by atoms with Gasteiger partial charge < -0.3 is 10.4 Å². The van der Waals surface area contributed by atoms with E-state index < -0.39 is 5.97 Å². The number of amides is 1. The van der Waals surface area contributed by atoms with Crippen molar-refractivity contribution in [1.29, 1.82) is 0 Å². The number of carbonyl (C=O) groups is 2. The van der Waals surface area contributed by atoms with Crippen molar-refractivity contribution >= 4 is 39.8 Å². The number of carbonyl (C=O) groups excluding carboxylic acids is 1. The largest absolute Gasteiger partial charge is 0.478 e. The molecule has 6 heteroatoms. The van der Waals surface area contributed by atoms with Crippen LogP contribution in [-0.4, -0.2) is 17.0 Å². The van der Waals surface area contributed by atoms with E-state index in [-0.39, 0.29) is 11.5 Å². The predicted octanol–water partition coefficient (Wildman–Crippen LogP) is 3.73. The average molecular weight is 296 g/mol. The molecule has 19 heavy (non-hydrogen) atoms. The summed E-state index contributed by atoms with van der Waals surface area (Å²) in [5.74, 6) is -1.41. The summed E-state index contributed by atoms with van der Waals surface area (Å²) in [4.78, 5) is 22.5. The number of hydrogen-bond donors (Lipinski definition) is 2. The number of thiophene rings is 1. The van der Waals surface area contributed by atoms with Gasteiger partial charge in [0, 0.05) is 28.5 Å². The number of benzene rings is 1. The van der Waals surface area contributed by atoms with E-state index in [1.165, 1.54) is 6.92 Å². The smallest absolute Gasteiger partial charge is 0.339 e. The molecule has 1 amide bonds. The van der Waals surface area contributed by atoms with Crippen molar-refractivity contribution < 1.29 is 14.7 Å². The quantitative estimate of drug-likeness (QED) is 0.907. The Balaban J connectivity index is 2.59. The number of aromatic carboxylic acids is 1. The highest BCUT2D eigenvalue weighted by atomic mass is 35.5. The summed E-state index contributed by atoms with van der Waals surface area (Å²) in [5, 5.41) is 14.3. The van der Waals surface area contributed by atoms with E-state index in [0.29, 0.717) is 21.2 Å². The first kappa shape index (κ1) is 13.6. The van der Waals surface area contributed by atoms with Crippen LogP contribution in [0.1, 0.15) is 17.3 Å². The molecule has 0 aliphatic heterocycles. The summed E-state index contributed by atoms with van der Waals surface area (Å²) >= 11 is 7.24. The summed E-state index contributed by atoms with van der Waals surface area (Å²) < 4.78 is 0. The van der Waals surface area contributed by atoms with Gasteiger partial charge in [-0.05, 0) is 6.07 Å². The fourth-order valence-electron chi connectivity index (χ4n) is 1.70. The lowest BCUT2D eigenvalue weighted by Gasteiger charge is -2.05. The SMILES string of the molecule is CC(=O)Nc1scc(-c2ccccc2Cl)c1C(=O)O. The maximum absolute atomic E-state index is 11.4. The maximum Gasteiger partial charge on any atom is 0.339 e. The third kappa shape index (κ3) is 2.77. The molecular weight excluding hydrogens is 286 g/mol. The van der Waals surface area contributed by atoms with Gasteiger partial charge in [-0.25, -0.2) is 4.79 Å². The molecule has 98 valence electrons. The molecule has 0 saturated carbocycles. The van der Waals surface area contributed by atoms with Gasteiger partial charge in [-0.3, -0.25) is 4.79 Å². The fourth-order valence-corrected chi connectivity index (χ4v) is 2.94. The van der Waals surface area contributed by atoms with Gasteiger partial charge in [0.25, 0.3) is 0 Å². The molecule has 1 aromatic carbocycles. The molecular formula is C13H10ClNO3S. The lowest BCUT2D eigenvalue weighted by molar-refractivity contribution is -0.114. The van der Waals surface area contributed by atoms with Crippen LogP contribution >= 0.6 is 22.9 Å². The van der Waals surface area contributed by atoms with Crippen LogP contribution in [0.15, 0.2) is 29.6 Å². The van der Waals surface area contributed by atoms with E-state index in [0.717, 1.165) is 11.3 Å². The second kappa shape index (κ2) is 5.42. The molecule has 0 radical (unpaired) electrons. The number of nitrogens with one attached hydrogen (secondary N) is 1. The lowest BCUT2D eigenvalue weighted by atomic mass is 10.0. The zero-order valence-corrected chi connectivity index (χ0v) is 11.5. The van der Waals surface area contributed by atoms with E-state index in [1.54, 1.807) is 29.6 Å². The summed E-state index contributed by atoms with van der Waals surface area (Å²) in [7, 11) is 0. The van der Waals surface area contributed by atoms with Crippen LogP contribution in [0.3, 0.4) is 0 Å².